The lowest BCUT2D eigenvalue weighted by molar-refractivity contribution is -0.135. The number of aliphatic carboxylic acids is 1. The van der Waals surface area contributed by atoms with E-state index in [1.54, 1.807) is 23.1 Å². The molecule has 1 aliphatic rings. The minimum absolute atomic E-state index is 0.0345. The van der Waals surface area contributed by atoms with Gasteiger partial charge in [-0.2, -0.15) is 0 Å². The summed E-state index contributed by atoms with van der Waals surface area (Å²) in [4.78, 5) is 27.1. The Morgan fingerprint density at radius 3 is 2.87 bits per heavy atom. The fourth-order valence-electron chi connectivity index (χ4n) is 2.62. The summed E-state index contributed by atoms with van der Waals surface area (Å²) in [5.74, 6) is -0.227. The molecule has 1 aliphatic heterocycles. The molecule has 6 heteroatoms. The molecule has 1 aromatic carbocycles. The monoisotopic (exact) mass is 320 g/mol. The van der Waals surface area contributed by atoms with Gasteiger partial charge in [0.05, 0.1) is 18.8 Å². The van der Waals surface area contributed by atoms with Gasteiger partial charge in [-0.3, -0.25) is 14.5 Å². The predicted octanol–water partition coefficient (Wildman–Crippen LogP) is 1.88. The standard InChI is InChI=1S/C17H24N2O4/c1-3-4-7-18(2)11-15(20)13-5-6-16-14(10-13)19(8-9-23-16)12-17(21)22/h5-6,10H,3-4,7-9,11-12H2,1-2H3,(H,21,22). The minimum Gasteiger partial charge on any atom is -0.490 e. The third-order valence-electron chi connectivity index (χ3n) is 3.87. The van der Waals surface area contributed by atoms with Gasteiger partial charge in [-0.1, -0.05) is 13.3 Å². The summed E-state index contributed by atoms with van der Waals surface area (Å²) < 4.78 is 5.55. The molecule has 6 nitrogen and oxygen atoms in total. The molecule has 0 aliphatic carbocycles. The number of benzene rings is 1. The molecule has 0 fully saturated rings. The number of carboxylic acids is 1. The van der Waals surface area contributed by atoms with E-state index >= 15 is 0 Å². The molecular weight excluding hydrogens is 296 g/mol. The summed E-state index contributed by atoms with van der Waals surface area (Å²) in [7, 11) is 1.94. The number of anilines is 1. The van der Waals surface area contributed by atoms with Crippen LogP contribution in [0.4, 0.5) is 5.69 Å². The molecule has 0 atom stereocenters. The van der Waals surface area contributed by atoms with E-state index in [4.69, 9.17) is 9.84 Å². The predicted molar refractivity (Wildman–Crippen MR) is 88.5 cm³/mol. The molecule has 0 saturated heterocycles. The summed E-state index contributed by atoms with van der Waals surface area (Å²) in [6.45, 7) is 4.24. The smallest absolute Gasteiger partial charge is 0.323 e. The van der Waals surface area contributed by atoms with Crippen molar-refractivity contribution in [2.45, 2.75) is 19.8 Å². The van der Waals surface area contributed by atoms with Gasteiger partial charge in [0.2, 0.25) is 0 Å². The van der Waals surface area contributed by atoms with Crippen molar-refractivity contribution in [1.29, 1.82) is 0 Å². The third-order valence-corrected chi connectivity index (χ3v) is 3.87. The SMILES string of the molecule is CCCCN(C)CC(=O)c1ccc2c(c1)N(CC(=O)O)CCO2. The van der Waals surface area contributed by atoms with E-state index < -0.39 is 5.97 Å². The number of carbonyl (C=O) groups is 2. The molecular formula is C17H24N2O4. The summed E-state index contributed by atoms with van der Waals surface area (Å²) in [5.41, 5.74) is 1.27. The lowest BCUT2D eigenvalue weighted by Crippen LogP contribution is -2.37. The molecule has 0 bridgehead atoms. The Labute approximate surface area is 136 Å². The molecule has 23 heavy (non-hydrogen) atoms. The van der Waals surface area contributed by atoms with E-state index in [-0.39, 0.29) is 12.3 Å². The van der Waals surface area contributed by atoms with Crippen LogP contribution in [-0.2, 0) is 4.79 Å². The van der Waals surface area contributed by atoms with Crippen LogP contribution in [0.3, 0.4) is 0 Å². The van der Waals surface area contributed by atoms with Gasteiger partial charge in [0, 0.05) is 5.56 Å². The molecule has 0 saturated carbocycles. The highest BCUT2D eigenvalue weighted by molar-refractivity contribution is 5.99. The second-order valence-corrected chi connectivity index (χ2v) is 5.86. The van der Waals surface area contributed by atoms with Crippen LogP contribution in [0.1, 0.15) is 30.1 Å². The summed E-state index contributed by atoms with van der Waals surface area (Å²) in [6.07, 6.45) is 2.16. The number of carboxylic acid groups (broad SMARTS) is 1. The zero-order valence-electron chi connectivity index (χ0n) is 13.7. The quantitative estimate of drug-likeness (QED) is 0.738. The van der Waals surface area contributed by atoms with Gasteiger partial charge in [-0.25, -0.2) is 0 Å². The number of hydrogen-bond acceptors (Lipinski definition) is 5. The van der Waals surface area contributed by atoms with Crippen molar-refractivity contribution in [3.63, 3.8) is 0 Å². The van der Waals surface area contributed by atoms with Gasteiger partial charge in [-0.15, -0.1) is 0 Å². The second kappa shape index (κ2) is 7.97. The molecule has 0 spiro atoms. The Bertz CT molecular complexity index is 574. The number of rotatable bonds is 8. The average Bonchev–Trinajstić information content (AvgIpc) is 2.52. The Morgan fingerprint density at radius 2 is 2.17 bits per heavy atom. The number of Topliss-reactive ketones (excluding diaryl/α,β-unsaturated/α-hetero) is 1. The van der Waals surface area contributed by atoms with Gasteiger partial charge in [0.1, 0.15) is 18.9 Å². The third kappa shape index (κ3) is 4.69. The fraction of sp³-hybridized carbons (Fsp3) is 0.529. The largest absolute Gasteiger partial charge is 0.490 e. The number of unbranched alkanes of at least 4 members (excludes halogenated alkanes) is 1. The van der Waals surface area contributed by atoms with Crippen LogP contribution in [0.5, 0.6) is 5.75 Å². The maximum atomic E-state index is 12.4. The number of ketones is 1. The van der Waals surface area contributed by atoms with E-state index in [0.717, 1.165) is 19.4 Å². The van der Waals surface area contributed by atoms with Crippen molar-refractivity contribution in [3.8, 4) is 5.75 Å². The molecule has 0 amide bonds. The van der Waals surface area contributed by atoms with Crippen molar-refractivity contribution in [3.05, 3.63) is 23.8 Å². The van der Waals surface area contributed by atoms with E-state index in [2.05, 4.69) is 6.92 Å². The maximum absolute atomic E-state index is 12.4. The molecule has 1 N–H and O–H groups in total. The Balaban J connectivity index is 2.12. The maximum Gasteiger partial charge on any atom is 0.323 e. The second-order valence-electron chi connectivity index (χ2n) is 5.86. The van der Waals surface area contributed by atoms with E-state index in [9.17, 15) is 9.59 Å². The van der Waals surface area contributed by atoms with E-state index in [1.165, 1.54) is 0 Å². The van der Waals surface area contributed by atoms with E-state index in [1.807, 2.05) is 11.9 Å². The molecule has 0 unspecified atom stereocenters. The summed E-state index contributed by atoms with van der Waals surface area (Å²) in [5, 5.41) is 9.02. The number of ether oxygens (including phenoxy) is 1. The molecule has 0 aromatic heterocycles. The first-order valence-electron chi connectivity index (χ1n) is 7.96. The number of nitrogens with zero attached hydrogens (tertiary/aromatic N) is 2. The number of hydrogen-bond donors (Lipinski definition) is 1. The highest BCUT2D eigenvalue weighted by Gasteiger charge is 2.22. The van der Waals surface area contributed by atoms with Gasteiger partial charge in [0.25, 0.3) is 0 Å². The normalized spacial score (nSPS) is 13.6. The van der Waals surface area contributed by atoms with Crippen LogP contribution in [-0.4, -0.2) is 61.6 Å². The lowest BCUT2D eigenvalue weighted by atomic mass is 10.1. The van der Waals surface area contributed by atoms with Crippen LogP contribution in [0, 0.1) is 0 Å². The van der Waals surface area contributed by atoms with Crippen molar-refractivity contribution in [2.24, 2.45) is 0 Å². The lowest BCUT2D eigenvalue weighted by Gasteiger charge is -2.30. The zero-order chi connectivity index (χ0) is 16.8. The van der Waals surface area contributed by atoms with Gasteiger partial charge < -0.3 is 14.7 Å². The number of likely N-dealkylation sites (N-methyl/N-ethyl adjacent to an activating group) is 1. The Kier molecular flexibility index (Phi) is 5.98. The zero-order valence-corrected chi connectivity index (χ0v) is 13.7. The Morgan fingerprint density at radius 1 is 1.39 bits per heavy atom. The van der Waals surface area contributed by atoms with Crippen molar-refractivity contribution in [2.75, 3.05) is 44.7 Å². The van der Waals surface area contributed by atoms with Gasteiger partial charge in [0.15, 0.2) is 5.78 Å². The summed E-state index contributed by atoms with van der Waals surface area (Å²) in [6, 6.07) is 5.25. The van der Waals surface area contributed by atoms with Gasteiger partial charge >= 0.3 is 5.97 Å². The minimum atomic E-state index is -0.895. The molecule has 1 heterocycles. The average molecular weight is 320 g/mol. The van der Waals surface area contributed by atoms with Crippen molar-refractivity contribution < 1.29 is 19.4 Å². The first-order chi connectivity index (χ1) is 11.0. The first-order valence-corrected chi connectivity index (χ1v) is 7.96. The topological polar surface area (TPSA) is 70.1 Å². The molecule has 126 valence electrons. The van der Waals surface area contributed by atoms with Crippen LogP contribution < -0.4 is 9.64 Å². The Hall–Kier alpha value is -2.08. The van der Waals surface area contributed by atoms with Crippen molar-refractivity contribution >= 4 is 17.4 Å². The van der Waals surface area contributed by atoms with Crippen LogP contribution in [0.15, 0.2) is 18.2 Å². The highest BCUT2D eigenvalue weighted by atomic mass is 16.5. The van der Waals surface area contributed by atoms with Crippen molar-refractivity contribution in [1.82, 2.24) is 4.90 Å². The molecule has 0 radical (unpaired) electrons. The highest BCUT2D eigenvalue weighted by Crippen LogP contribution is 2.32. The number of carbonyl (C=O) groups excluding carboxylic acids is 1. The molecule has 1 aromatic rings. The molecule has 2 rings (SSSR count). The van der Waals surface area contributed by atoms with Crippen LogP contribution in [0.25, 0.3) is 0 Å². The van der Waals surface area contributed by atoms with E-state index in [0.29, 0.717) is 36.7 Å². The summed E-state index contributed by atoms with van der Waals surface area (Å²) >= 11 is 0. The van der Waals surface area contributed by atoms with Crippen LogP contribution in [0.2, 0.25) is 0 Å². The number of fused-ring (bicyclic) bond motifs is 1. The van der Waals surface area contributed by atoms with Crippen LogP contribution >= 0.6 is 0 Å². The first kappa shape index (κ1) is 17.3. The van der Waals surface area contributed by atoms with Gasteiger partial charge in [-0.05, 0) is 38.2 Å². The fourth-order valence-corrected chi connectivity index (χ4v) is 2.62.